The van der Waals surface area contributed by atoms with Crippen molar-refractivity contribution < 1.29 is 8.42 Å². The Balaban J connectivity index is 2.37. The van der Waals surface area contributed by atoms with Crippen LogP contribution in [0.1, 0.15) is 37.7 Å². The first kappa shape index (κ1) is 19.2. The lowest BCUT2D eigenvalue weighted by Gasteiger charge is -2.26. The fourth-order valence-electron chi connectivity index (χ4n) is 3.11. The average Bonchev–Trinajstić information content (AvgIpc) is 2.68. The quantitative estimate of drug-likeness (QED) is 0.774. The van der Waals surface area contributed by atoms with Crippen molar-refractivity contribution in [2.24, 2.45) is 5.92 Å². The van der Waals surface area contributed by atoms with E-state index in [1.165, 1.54) is 10.4 Å². The molecule has 0 aliphatic carbocycles. The molecule has 2 rings (SSSR count). The maximum atomic E-state index is 13.0. The van der Waals surface area contributed by atoms with Crippen LogP contribution in [-0.2, 0) is 10.0 Å². The van der Waals surface area contributed by atoms with E-state index in [0.29, 0.717) is 6.54 Å². The minimum absolute atomic E-state index is 0.216. The van der Waals surface area contributed by atoms with Gasteiger partial charge in [0.25, 0.3) is 0 Å². The zero-order valence-electron chi connectivity index (χ0n) is 14.5. The summed E-state index contributed by atoms with van der Waals surface area (Å²) in [6.45, 7) is 2.60. The molecule has 6 heteroatoms. The molecule has 0 bridgehead atoms. The molecule has 1 saturated heterocycles. The highest BCUT2D eigenvalue weighted by Gasteiger charge is 2.29. The lowest BCUT2D eigenvalue weighted by molar-refractivity contribution is 0.365. The molecule has 1 fully saturated rings. The Labute approximate surface area is 150 Å². The number of hydrogen-bond donors (Lipinski definition) is 0. The van der Waals surface area contributed by atoms with Crippen LogP contribution >= 0.6 is 0 Å². The number of aryl methyl sites for hydroxylation is 1. The van der Waals surface area contributed by atoms with E-state index in [1.54, 1.807) is 24.3 Å². The zero-order valence-corrected chi connectivity index (χ0v) is 15.3. The molecule has 1 aliphatic heterocycles. The van der Waals surface area contributed by atoms with Crippen molar-refractivity contribution in [1.29, 1.82) is 10.5 Å². The molecule has 5 nitrogen and oxygen atoms in total. The van der Waals surface area contributed by atoms with Crippen LogP contribution in [0, 0.1) is 35.5 Å². The molecule has 1 aromatic rings. The van der Waals surface area contributed by atoms with E-state index in [1.807, 2.05) is 13.0 Å². The molecule has 0 radical (unpaired) electrons. The molecule has 0 aromatic heterocycles. The van der Waals surface area contributed by atoms with Crippen molar-refractivity contribution in [2.75, 3.05) is 13.1 Å². The molecule has 1 aliphatic rings. The van der Waals surface area contributed by atoms with Gasteiger partial charge in [0.1, 0.15) is 0 Å². The van der Waals surface area contributed by atoms with E-state index in [-0.39, 0.29) is 23.8 Å². The second kappa shape index (κ2) is 8.80. The highest BCUT2D eigenvalue weighted by Crippen LogP contribution is 2.27. The van der Waals surface area contributed by atoms with Crippen molar-refractivity contribution in [3.05, 3.63) is 41.5 Å². The van der Waals surface area contributed by atoms with Gasteiger partial charge in [-0.25, -0.2) is 8.42 Å². The van der Waals surface area contributed by atoms with Crippen molar-refractivity contribution in [1.82, 2.24) is 4.31 Å². The third-order valence-corrected chi connectivity index (χ3v) is 6.45. The molecule has 0 spiro atoms. The summed E-state index contributed by atoms with van der Waals surface area (Å²) in [5, 5.41) is 18.2. The molecular weight excluding hydrogens is 334 g/mol. The minimum atomic E-state index is -3.61. The van der Waals surface area contributed by atoms with Crippen LogP contribution in [-0.4, -0.2) is 25.8 Å². The summed E-state index contributed by atoms with van der Waals surface area (Å²) in [5.74, 6) is -0.233. The number of nitriles is 2. The summed E-state index contributed by atoms with van der Waals surface area (Å²) in [6, 6.07) is 11.0. The van der Waals surface area contributed by atoms with Crippen molar-refractivity contribution in [2.45, 2.75) is 43.9 Å². The zero-order chi connectivity index (χ0) is 18.3. The van der Waals surface area contributed by atoms with E-state index in [9.17, 15) is 8.42 Å². The van der Waals surface area contributed by atoms with Gasteiger partial charge in [-0.2, -0.15) is 14.8 Å². The van der Waals surface area contributed by atoms with E-state index >= 15 is 0 Å². The summed E-state index contributed by atoms with van der Waals surface area (Å²) in [6.07, 6.45) is 5.05. The standard InChI is InChI=1S/C19H23N3O2S/c1-16-6-8-19(9-7-16)25(23,24)22-14-4-2-3-5-17(10-12-20)18(15-22)11-13-21/h6-10,18H,2-5,11,14-15H2,1H3/b17-10-. The number of benzene rings is 1. The first-order valence-corrected chi connectivity index (χ1v) is 9.95. The van der Waals surface area contributed by atoms with E-state index in [2.05, 4.69) is 6.07 Å². The molecule has 132 valence electrons. The average molecular weight is 357 g/mol. The first-order valence-electron chi connectivity index (χ1n) is 8.51. The molecule has 1 unspecified atom stereocenters. The van der Waals surface area contributed by atoms with Crippen molar-refractivity contribution >= 4 is 10.0 Å². The summed E-state index contributed by atoms with van der Waals surface area (Å²) in [7, 11) is -3.61. The predicted octanol–water partition coefficient (Wildman–Crippen LogP) is 3.54. The van der Waals surface area contributed by atoms with Gasteiger partial charge < -0.3 is 0 Å². The molecule has 1 heterocycles. The molecule has 1 atom stereocenters. The number of rotatable bonds is 3. The Bertz CT molecular complexity index is 799. The van der Waals surface area contributed by atoms with Gasteiger partial charge in [0, 0.05) is 31.5 Å². The second-order valence-electron chi connectivity index (χ2n) is 6.39. The maximum Gasteiger partial charge on any atom is 0.243 e. The normalized spacial score (nSPS) is 21.6. The van der Waals surface area contributed by atoms with Gasteiger partial charge in [0.15, 0.2) is 0 Å². The monoisotopic (exact) mass is 357 g/mol. The third-order valence-electron chi connectivity index (χ3n) is 4.57. The van der Waals surface area contributed by atoms with Crippen LogP contribution in [0.3, 0.4) is 0 Å². The van der Waals surface area contributed by atoms with E-state index in [4.69, 9.17) is 10.5 Å². The van der Waals surface area contributed by atoms with Gasteiger partial charge in [0.05, 0.1) is 17.0 Å². The smallest absolute Gasteiger partial charge is 0.207 e. The van der Waals surface area contributed by atoms with Crippen LogP contribution in [0.15, 0.2) is 40.8 Å². The van der Waals surface area contributed by atoms with Crippen LogP contribution in [0.5, 0.6) is 0 Å². The fourth-order valence-corrected chi connectivity index (χ4v) is 4.63. The van der Waals surface area contributed by atoms with Crippen molar-refractivity contribution in [3.8, 4) is 12.1 Å². The largest absolute Gasteiger partial charge is 0.243 e. The van der Waals surface area contributed by atoms with Gasteiger partial charge in [0.2, 0.25) is 10.0 Å². The lowest BCUT2D eigenvalue weighted by atomic mass is 9.92. The third kappa shape index (κ3) is 4.92. The second-order valence-corrected chi connectivity index (χ2v) is 8.33. The van der Waals surface area contributed by atoms with Gasteiger partial charge in [-0.15, -0.1) is 0 Å². The summed E-state index contributed by atoms with van der Waals surface area (Å²) in [4.78, 5) is 0.277. The summed E-state index contributed by atoms with van der Waals surface area (Å²) < 4.78 is 27.6. The molecule has 0 N–H and O–H groups in total. The number of hydrogen-bond acceptors (Lipinski definition) is 4. The minimum Gasteiger partial charge on any atom is -0.207 e. The van der Waals surface area contributed by atoms with Crippen molar-refractivity contribution in [3.63, 3.8) is 0 Å². The van der Waals surface area contributed by atoms with Crippen LogP contribution in [0.4, 0.5) is 0 Å². The first-order chi connectivity index (χ1) is 12.0. The van der Waals surface area contributed by atoms with E-state index < -0.39 is 10.0 Å². The molecule has 0 amide bonds. The predicted molar refractivity (Wildman–Crippen MR) is 95.8 cm³/mol. The van der Waals surface area contributed by atoms with E-state index in [0.717, 1.165) is 36.8 Å². The molecule has 25 heavy (non-hydrogen) atoms. The Hall–Kier alpha value is -2.15. The molecular formula is C19H23N3O2S. The summed E-state index contributed by atoms with van der Waals surface area (Å²) >= 11 is 0. The Morgan fingerprint density at radius 1 is 1.20 bits per heavy atom. The Morgan fingerprint density at radius 2 is 1.92 bits per heavy atom. The number of nitrogens with zero attached hydrogens (tertiary/aromatic N) is 3. The summed E-state index contributed by atoms with van der Waals surface area (Å²) in [5.41, 5.74) is 1.89. The van der Waals surface area contributed by atoms with Crippen LogP contribution in [0.25, 0.3) is 0 Å². The van der Waals surface area contributed by atoms with Crippen LogP contribution < -0.4 is 0 Å². The lowest BCUT2D eigenvalue weighted by Crippen LogP contribution is -2.36. The molecule has 0 saturated carbocycles. The van der Waals surface area contributed by atoms with Gasteiger partial charge >= 0.3 is 0 Å². The highest BCUT2D eigenvalue weighted by atomic mass is 32.2. The number of allylic oxidation sites excluding steroid dienone is 1. The van der Waals surface area contributed by atoms with Gasteiger partial charge in [-0.1, -0.05) is 29.7 Å². The van der Waals surface area contributed by atoms with Crippen LogP contribution in [0.2, 0.25) is 0 Å². The van der Waals surface area contributed by atoms with Gasteiger partial charge in [-0.3, -0.25) is 0 Å². The maximum absolute atomic E-state index is 13.0. The molecule has 1 aromatic carbocycles. The topological polar surface area (TPSA) is 85.0 Å². The Morgan fingerprint density at radius 3 is 2.56 bits per heavy atom. The fraction of sp³-hybridized carbons (Fsp3) is 0.474. The Kier molecular flexibility index (Phi) is 6.75. The highest BCUT2D eigenvalue weighted by molar-refractivity contribution is 7.89. The SMILES string of the molecule is Cc1ccc(S(=O)(=O)N2CCCCC/C(=C/C#N)C(CC#N)C2)cc1. The van der Waals surface area contributed by atoms with Gasteiger partial charge in [-0.05, 0) is 38.3 Å². The number of sulfonamides is 1.